The molecule has 0 bridgehead atoms. The van der Waals surface area contributed by atoms with E-state index in [1.807, 2.05) is 30.3 Å². The third-order valence-electron chi connectivity index (χ3n) is 3.86. The van der Waals surface area contributed by atoms with Gasteiger partial charge in [-0.25, -0.2) is 9.37 Å². The highest BCUT2D eigenvalue weighted by Gasteiger charge is 2.10. The van der Waals surface area contributed by atoms with E-state index >= 15 is 0 Å². The molecule has 0 aliphatic rings. The molecule has 0 radical (unpaired) electrons. The molecule has 1 heterocycles. The molecule has 1 unspecified atom stereocenters. The first-order valence-electron chi connectivity index (χ1n) is 7.74. The van der Waals surface area contributed by atoms with Crippen LogP contribution < -0.4 is 10.1 Å². The molecule has 0 saturated heterocycles. The second-order valence-electron chi connectivity index (χ2n) is 5.55. The van der Waals surface area contributed by atoms with Crippen LogP contribution in [0.4, 0.5) is 4.39 Å². The second-order valence-corrected chi connectivity index (χ2v) is 5.55. The van der Waals surface area contributed by atoms with Gasteiger partial charge in [-0.05, 0) is 29.8 Å². The summed E-state index contributed by atoms with van der Waals surface area (Å²) in [4.78, 5) is 4.49. The van der Waals surface area contributed by atoms with Crippen molar-refractivity contribution < 1.29 is 14.2 Å². The minimum absolute atomic E-state index is 0.314. The number of ether oxygens (including phenoxy) is 1. The molecule has 2 aromatic carbocycles. The third-order valence-corrected chi connectivity index (χ3v) is 3.86. The Morgan fingerprint density at radius 1 is 1.17 bits per heavy atom. The Morgan fingerprint density at radius 2 is 1.92 bits per heavy atom. The molecule has 4 nitrogen and oxygen atoms in total. The summed E-state index contributed by atoms with van der Waals surface area (Å²) in [6.07, 6.45) is -0.704. The number of aliphatic hydroxyl groups is 1. The number of nitrogens with one attached hydrogen (secondary N) is 1. The second kappa shape index (κ2) is 7.38. The van der Waals surface area contributed by atoms with E-state index in [9.17, 15) is 9.50 Å². The first kappa shape index (κ1) is 16.4. The number of halogens is 1. The first-order valence-corrected chi connectivity index (χ1v) is 7.74. The van der Waals surface area contributed by atoms with Gasteiger partial charge in [-0.3, -0.25) is 0 Å². The zero-order chi connectivity index (χ0) is 16.9. The van der Waals surface area contributed by atoms with E-state index in [1.54, 1.807) is 19.2 Å². The van der Waals surface area contributed by atoms with E-state index in [0.717, 1.165) is 16.5 Å². The van der Waals surface area contributed by atoms with Gasteiger partial charge in [0.05, 0.1) is 18.7 Å². The Morgan fingerprint density at radius 3 is 2.67 bits per heavy atom. The molecule has 0 aliphatic heterocycles. The van der Waals surface area contributed by atoms with Gasteiger partial charge in [0, 0.05) is 24.0 Å². The van der Waals surface area contributed by atoms with E-state index < -0.39 is 6.10 Å². The number of benzene rings is 2. The molecule has 0 spiro atoms. The van der Waals surface area contributed by atoms with Crippen molar-refractivity contribution in [3.05, 3.63) is 71.5 Å². The Balaban J connectivity index is 1.67. The summed E-state index contributed by atoms with van der Waals surface area (Å²) < 4.78 is 18.3. The minimum Gasteiger partial charge on any atom is -0.481 e. The van der Waals surface area contributed by atoms with Crippen molar-refractivity contribution in [1.29, 1.82) is 0 Å². The largest absolute Gasteiger partial charge is 0.481 e. The summed E-state index contributed by atoms with van der Waals surface area (Å²) >= 11 is 0. The molecule has 0 fully saturated rings. The lowest BCUT2D eigenvalue weighted by molar-refractivity contribution is 0.174. The number of hydrogen-bond donors (Lipinski definition) is 2. The molecule has 3 rings (SSSR count). The van der Waals surface area contributed by atoms with Crippen LogP contribution in [0, 0.1) is 5.82 Å². The maximum Gasteiger partial charge on any atom is 0.218 e. The summed E-state index contributed by atoms with van der Waals surface area (Å²) in [5.41, 5.74) is 2.47. The van der Waals surface area contributed by atoms with Crippen LogP contribution in [-0.4, -0.2) is 23.7 Å². The topological polar surface area (TPSA) is 54.4 Å². The van der Waals surface area contributed by atoms with Gasteiger partial charge < -0.3 is 15.2 Å². The van der Waals surface area contributed by atoms with Crippen molar-refractivity contribution in [3.63, 3.8) is 0 Å². The van der Waals surface area contributed by atoms with Crippen molar-refractivity contribution in [3.8, 4) is 5.88 Å². The lowest BCUT2D eigenvalue weighted by atomic mass is 10.1. The number of aliphatic hydroxyl groups excluding tert-OH is 1. The van der Waals surface area contributed by atoms with Gasteiger partial charge in [0.25, 0.3) is 0 Å². The normalized spacial score (nSPS) is 12.3. The Labute approximate surface area is 139 Å². The average molecular weight is 326 g/mol. The Bertz CT molecular complexity index is 821. The molecule has 5 heteroatoms. The number of methoxy groups -OCH3 is 1. The van der Waals surface area contributed by atoms with Crippen LogP contribution in [-0.2, 0) is 6.54 Å². The van der Waals surface area contributed by atoms with Crippen LogP contribution in [0.1, 0.15) is 17.2 Å². The van der Waals surface area contributed by atoms with E-state index in [-0.39, 0.29) is 5.82 Å². The third kappa shape index (κ3) is 3.69. The van der Waals surface area contributed by atoms with E-state index in [0.29, 0.717) is 24.5 Å². The number of nitrogens with zero attached hydrogens (tertiary/aromatic N) is 1. The molecule has 24 heavy (non-hydrogen) atoms. The number of hydrogen-bond acceptors (Lipinski definition) is 4. The molecular formula is C19H19FN2O2. The number of aromatic nitrogens is 1. The summed E-state index contributed by atoms with van der Waals surface area (Å²) in [7, 11) is 1.59. The molecule has 1 atom stereocenters. The highest BCUT2D eigenvalue weighted by molar-refractivity contribution is 5.80. The summed E-state index contributed by atoms with van der Waals surface area (Å²) in [6.45, 7) is 0.862. The predicted molar refractivity (Wildman–Crippen MR) is 91.4 cm³/mol. The SMILES string of the molecule is COc1nc2ccccc2cc1CNCC(O)c1ccc(F)cc1. The maximum atomic E-state index is 12.9. The fraction of sp³-hybridized carbons (Fsp3) is 0.211. The Hall–Kier alpha value is -2.50. The van der Waals surface area contributed by atoms with Gasteiger partial charge in [0.15, 0.2) is 0 Å². The first-order chi connectivity index (χ1) is 11.7. The minimum atomic E-state index is -0.704. The number of rotatable bonds is 6. The monoisotopic (exact) mass is 326 g/mol. The summed E-state index contributed by atoms with van der Waals surface area (Å²) in [5.74, 6) is 0.253. The van der Waals surface area contributed by atoms with E-state index in [2.05, 4.69) is 10.3 Å². The van der Waals surface area contributed by atoms with Crippen LogP contribution in [0.5, 0.6) is 5.88 Å². The average Bonchev–Trinajstić information content (AvgIpc) is 2.61. The van der Waals surface area contributed by atoms with Gasteiger partial charge in [0.1, 0.15) is 5.82 Å². The molecule has 124 valence electrons. The van der Waals surface area contributed by atoms with Crippen LogP contribution in [0.2, 0.25) is 0 Å². The van der Waals surface area contributed by atoms with Crippen molar-refractivity contribution in [2.24, 2.45) is 0 Å². The lowest BCUT2D eigenvalue weighted by Gasteiger charge is -2.14. The van der Waals surface area contributed by atoms with Crippen molar-refractivity contribution in [2.45, 2.75) is 12.6 Å². The van der Waals surface area contributed by atoms with Crippen molar-refractivity contribution >= 4 is 10.9 Å². The van der Waals surface area contributed by atoms with E-state index in [1.165, 1.54) is 12.1 Å². The van der Waals surface area contributed by atoms with Gasteiger partial charge >= 0.3 is 0 Å². The maximum absolute atomic E-state index is 12.9. The van der Waals surface area contributed by atoms with E-state index in [4.69, 9.17) is 4.74 Å². The van der Waals surface area contributed by atoms with Crippen molar-refractivity contribution in [2.75, 3.05) is 13.7 Å². The predicted octanol–water partition coefficient (Wildman–Crippen LogP) is 3.21. The fourth-order valence-electron chi connectivity index (χ4n) is 2.59. The molecular weight excluding hydrogens is 307 g/mol. The summed E-state index contributed by atoms with van der Waals surface area (Å²) in [5, 5.41) is 14.4. The number of para-hydroxylation sites is 1. The number of pyridine rings is 1. The smallest absolute Gasteiger partial charge is 0.218 e. The quantitative estimate of drug-likeness (QED) is 0.730. The molecule has 1 aromatic heterocycles. The van der Waals surface area contributed by atoms with Crippen LogP contribution in [0.15, 0.2) is 54.6 Å². The molecule has 0 aliphatic carbocycles. The van der Waals surface area contributed by atoms with Gasteiger partial charge in [-0.15, -0.1) is 0 Å². The van der Waals surface area contributed by atoms with Gasteiger partial charge in [0.2, 0.25) is 5.88 Å². The molecule has 0 saturated carbocycles. The fourth-order valence-corrected chi connectivity index (χ4v) is 2.59. The van der Waals surface area contributed by atoms with Crippen molar-refractivity contribution in [1.82, 2.24) is 10.3 Å². The molecule has 0 amide bonds. The molecule has 3 aromatic rings. The highest BCUT2D eigenvalue weighted by atomic mass is 19.1. The zero-order valence-corrected chi connectivity index (χ0v) is 13.4. The van der Waals surface area contributed by atoms with Crippen LogP contribution >= 0.6 is 0 Å². The number of fused-ring (bicyclic) bond motifs is 1. The van der Waals surface area contributed by atoms with Gasteiger partial charge in [-0.2, -0.15) is 0 Å². The van der Waals surface area contributed by atoms with Crippen LogP contribution in [0.25, 0.3) is 10.9 Å². The van der Waals surface area contributed by atoms with Crippen LogP contribution in [0.3, 0.4) is 0 Å². The van der Waals surface area contributed by atoms with Gasteiger partial charge in [-0.1, -0.05) is 30.3 Å². The summed E-state index contributed by atoms with van der Waals surface area (Å²) in [6, 6.07) is 15.7. The standard InChI is InChI=1S/C19H19FN2O2/c1-24-19-15(10-14-4-2-3-5-17(14)22-19)11-21-12-18(23)13-6-8-16(20)9-7-13/h2-10,18,21,23H,11-12H2,1H3. The lowest BCUT2D eigenvalue weighted by Crippen LogP contribution is -2.21. The Kier molecular flexibility index (Phi) is 5.03. The highest BCUT2D eigenvalue weighted by Crippen LogP contribution is 2.22. The zero-order valence-electron chi connectivity index (χ0n) is 13.4. The molecule has 2 N–H and O–H groups in total.